The van der Waals surface area contributed by atoms with Gasteiger partial charge in [-0.1, -0.05) is 38.1 Å². The van der Waals surface area contributed by atoms with E-state index >= 15 is 0 Å². The molecule has 4 aromatic heterocycles. The van der Waals surface area contributed by atoms with Crippen molar-refractivity contribution in [2.75, 3.05) is 46.2 Å². The molecule has 0 saturated carbocycles. The molecule has 0 fully saturated rings. The Kier molecular flexibility index (Phi) is 13.6. The Morgan fingerprint density at radius 1 is 0.571 bits per heavy atom. The van der Waals surface area contributed by atoms with Crippen molar-refractivity contribution in [3.8, 4) is 46.0 Å². The number of hydrogen-bond donors (Lipinski definition) is 5. The number of rotatable bonds is 10. The second-order valence-corrected chi connectivity index (χ2v) is 28.2. The zero-order valence-corrected chi connectivity index (χ0v) is 47.5. The number of aliphatic hydroxyl groups excluding tert-OH is 2. The van der Waals surface area contributed by atoms with Crippen LogP contribution < -0.4 is 37.5 Å². The third-order valence-corrected chi connectivity index (χ3v) is 23.6. The third kappa shape index (κ3) is 9.24. The molecule has 77 heavy (non-hydrogen) atoms. The number of aromatic hydroxyl groups is 2. The van der Waals surface area contributed by atoms with Gasteiger partial charge in [-0.05, 0) is 67.5 Å². The first-order valence-electron chi connectivity index (χ1n) is 24.0. The van der Waals surface area contributed by atoms with Crippen LogP contribution in [0.2, 0.25) is 0 Å². The number of thiophene rings is 4. The van der Waals surface area contributed by atoms with Crippen LogP contribution in [0.5, 0.6) is 46.0 Å². The number of fused-ring (bicyclic) bond motifs is 3. The lowest BCUT2D eigenvalue weighted by Crippen LogP contribution is -2.35. The van der Waals surface area contributed by atoms with Crippen LogP contribution >= 0.6 is 68.9 Å². The number of thioether (sulfide) groups is 2. The quantitative estimate of drug-likeness (QED) is 0.0632. The van der Waals surface area contributed by atoms with Crippen molar-refractivity contribution < 1.29 is 83.9 Å². The Balaban J connectivity index is 0.906. The summed E-state index contributed by atoms with van der Waals surface area (Å²) < 4.78 is 116. The van der Waals surface area contributed by atoms with E-state index in [9.17, 15) is 41.8 Å². The highest BCUT2D eigenvalue weighted by Crippen LogP contribution is 2.61. The van der Waals surface area contributed by atoms with E-state index in [0.717, 1.165) is 60.2 Å². The van der Waals surface area contributed by atoms with Gasteiger partial charge < -0.3 is 58.3 Å². The molecule has 0 amide bonds. The van der Waals surface area contributed by atoms with E-state index in [4.69, 9.17) is 42.1 Å². The summed E-state index contributed by atoms with van der Waals surface area (Å²) >= 11 is 7.43. The first-order valence-corrected chi connectivity index (χ1v) is 31.8. The standard InChI is InChI=1S/C51H46O18S8/c1-21(25-5-9-27(10-6-25)76(56,57)58)19-22(2)26-7-11-28(12-8-26)77(59,60)69-29-20-67-40-41(68-29)51(45-33(55)30(52)42(72-45)46-36-34(23(3)70-46)61-13-15-63-36)75-48(40)44-32(54)31(53)43(73-44)47-38-39(66-18-17-65-38)50(74-47)49-37-35(24(4)71-49)62-14-16-64-37/h5-12,21-22,29,42,50,52-55H,13-20H2,1-4H3,(H,56,57,58)/b47-43+,48-44+,51-45+. The molecule has 0 saturated heterocycles. The highest BCUT2D eigenvalue weighted by Gasteiger charge is 2.44. The lowest BCUT2D eigenvalue weighted by molar-refractivity contribution is -0.0440. The van der Waals surface area contributed by atoms with E-state index in [2.05, 4.69) is 0 Å². The molecule has 5 atom stereocenters. The van der Waals surface area contributed by atoms with Crippen LogP contribution in [-0.4, -0.2) is 94.4 Å². The summed E-state index contributed by atoms with van der Waals surface area (Å²) in [5, 5.41) is 46.0. The van der Waals surface area contributed by atoms with Crippen molar-refractivity contribution in [1.29, 1.82) is 0 Å². The first-order chi connectivity index (χ1) is 36.9. The van der Waals surface area contributed by atoms with Crippen molar-refractivity contribution >= 4 is 98.9 Å². The SMILES string of the molecule is Cc1sc(C2S/C(=c3/s/c(=c4/s/c(=C5/SC(c6sc(C)c7c6OCCO7)C6=C5OCCO6)c(O)c4O)c4c3OC(OS(=O)(=O)c3ccc(C(C)CC(C)c5ccc(S(=O)(=O)O)cc5)cc3)CO4)C(O)=C2O)c2c1OCCO2. The van der Waals surface area contributed by atoms with Gasteiger partial charge >= 0.3 is 0 Å². The van der Waals surface area contributed by atoms with Crippen LogP contribution in [0.1, 0.15) is 73.2 Å². The molecule has 5 N–H and O–H groups in total. The van der Waals surface area contributed by atoms with Gasteiger partial charge in [0.05, 0.1) is 47.5 Å². The van der Waals surface area contributed by atoms with Crippen molar-refractivity contribution in [2.24, 2.45) is 0 Å². The molecule has 6 aliphatic heterocycles. The molecule has 26 heteroatoms. The Hall–Kier alpha value is -5.42. The van der Waals surface area contributed by atoms with E-state index in [1.165, 1.54) is 58.7 Å². The number of aliphatic hydroxyl groups is 2. The molecule has 12 rings (SSSR count). The van der Waals surface area contributed by atoms with Crippen LogP contribution in [0.3, 0.4) is 0 Å². The molecule has 18 nitrogen and oxygen atoms in total. The van der Waals surface area contributed by atoms with Crippen LogP contribution in [0.25, 0.3) is 9.81 Å². The molecule has 2 aromatic carbocycles. The Morgan fingerprint density at radius 2 is 1.09 bits per heavy atom. The molecule has 5 unspecified atom stereocenters. The second kappa shape index (κ2) is 20.0. The van der Waals surface area contributed by atoms with Gasteiger partial charge in [0.1, 0.15) is 50.1 Å². The predicted molar refractivity (Wildman–Crippen MR) is 290 cm³/mol. The van der Waals surface area contributed by atoms with Gasteiger partial charge in [-0.15, -0.1) is 68.9 Å². The zero-order chi connectivity index (χ0) is 53.8. The smallest absolute Gasteiger partial charge is 0.300 e. The molecule has 0 radical (unpaired) electrons. The largest absolute Gasteiger partial charge is 0.507 e. The average Bonchev–Trinajstić information content (AvgIpc) is 4.37. The van der Waals surface area contributed by atoms with E-state index in [1.807, 2.05) is 27.7 Å². The Labute approximate surface area is 464 Å². The fourth-order valence-electron chi connectivity index (χ4n) is 9.71. The monoisotopic (exact) mass is 1200 g/mol. The predicted octanol–water partition coefficient (Wildman–Crippen LogP) is 9.62. The van der Waals surface area contributed by atoms with Gasteiger partial charge in [-0.2, -0.15) is 16.8 Å². The average molecular weight is 1200 g/mol. The number of ether oxygens (including phenoxy) is 8. The normalized spacial score (nSPS) is 22.6. The summed E-state index contributed by atoms with van der Waals surface area (Å²) in [5.41, 5.74) is 1.71. The Bertz CT molecular complexity index is 3930. The summed E-state index contributed by atoms with van der Waals surface area (Å²) in [6.45, 7) is 9.35. The van der Waals surface area contributed by atoms with Gasteiger partial charge in [0, 0.05) is 9.75 Å². The highest BCUT2D eigenvalue weighted by atomic mass is 32.2. The lowest BCUT2D eigenvalue weighted by Gasteiger charge is -2.24. The third-order valence-electron chi connectivity index (χ3n) is 13.4. The minimum absolute atomic E-state index is 0.00944. The number of benzene rings is 2. The van der Waals surface area contributed by atoms with Crippen LogP contribution in [0.15, 0.2) is 81.4 Å². The van der Waals surface area contributed by atoms with E-state index in [0.29, 0.717) is 77.1 Å². The van der Waals surface area contributed by atoms with Crippen molar-refractivity contribution in [3.63, 3.8) is 0 Å². The van der Waals surface area contributed by atoms with Gasteiger partial charge in [0.25, 0.3) is 26.5 Å². The first kappa shape index (κ1) is 52.3. The topological polar surface area (TPSA) is 252 Å². The van der Waals surface area contributed by atoms with E-state index in [1.54, 1.807) is 24.3 Å². The summed E-state index contributed by atoms with van der Waals surface area (Å²) in [6.07, 6.45) is -0.918. The summed E-state index contributed by atoms with van der Waals surface area (Å²) in [6, 6.07) is 12.2. The second-order valence-electron chi connectivity index (χ2n) is 18.5. The zero-order valence-electron chi connectivity index (χ0n) is 41.0. The molecule has 0 bridgehead atoms. The lowest BCUT2D eigenvalue weighted by atomic mass is 9.87. The van der Waals surface area contributed by atoms with Crippen LogP contribution in [0.4, 0.5) is 0 Å². The Morgan fingerprint density at radius 3 is 1.70 bits per heavy atom. The fourth-order valence-corrected chi connectivity index (χ4v) is 18.9. The molecular formula is C51H46O18S8. The van der Waals surface area contributed by atoms with Crippen molar-refractivity contribution in [2.45, 2.75) is 72.5 Å². The molecule has 6 aromatic rings. The van der Waals surface area contributed by atoms with Gasteiger partial charge in [0.2, 0.25) is 0 Å². The van der Waals surface area contributed by atoms with E-state index < -0.39 is 60.9 Å². The maximum atomic E-state index is 14.0. The minimum atomic E-state index is -4.51. The van der Waals surface area contributed by atoms with Crippen molar-refractivity contribution in [1.82, 2.24) is 0 Å². The fraction of sp³-hybridized carbons (Fsp3) is 0.333. The van der Waals surface area contributed by atoms with Crippen molar-refractivity contribution in [3.05, 3.63) is 120 Å². The van der Waals surface area contributed by atoms with Gasteiger partial charge in [-0.3, -0.25) is 4.55 Å². The maximum absolute atomic E-state index is 14.0. The van der Waals surface area contributed by atoms with Gasteiger partial charge in [-0.25, -0.2) is 4.18 Å². The summed E-state index contributed by atoms with van der Waals surface area (Å²) in [7, 11) is -8.84. The molecular weight excluding hydrogens is 1160 g/mol. The minimum Gasteiger partial charge on any atom is -0.507 e. The van der Waals surface area contributed by atoms with E-state index in [-0.39, 0.29) is 75.1 Å². The highest BCUT2D eigenvalue weighted by molar-refractivity contribution is 8.09. The van der Waals surface area contributed by atoms with Gasteiger partial charge in [0.15, 0.2) is 75.6 Å². The molecule has 0 aliphatic carbocycles. The molecule has 0 spiro atoms. The molecule has 6 aliphatic rings. The van der Waals surface area contributed by atoms with Crippen LogP contribution in [-0.2, 0) is 33.9 Å². The molecule has 10 heterocycles. The van der Waals surface area contributed by atoms with Crippen LogP contribution in [0, 0.1) is 22.9 Å². The molecule has 406 valence electrons. The maximum Gasteiger partial charge on any atom is 0.300 e. The number of aryl methyl sites for hydroxylation is 2. The number of hydrogen-bond acceptors (Lipinski definition) is 23. The summed E-state index contributed by atoms with van der Waals surface area (Å²) in [4.78, 5) is 3.54. The summed E-state index contributed by atoms with van der Waals surface area (Å²) in [5.74, 6) is 1.51.